The van der Waals surface area contributed by atoms with Gasteiger partial charge in [-0.3, -0.25) is 0 Å². The van der Waals surface area contributed by atoms with Crippen LogP contribution >= 0.6 is 0 Å². The lowest BCUT2D eigenvalue weighted by Crippen LogP contribution is -2.22. The first-order valence-corrected chi connectivity index (χ1v) is 5.00. The number of hydrazone groups is 1. The minimum Gasteiger partial charge on any atom is -0.477 e. The molecule has 0 aromatic heterocycles. The van der Waals surface area contributed by atoms with Gasteiger partial charge >= 0.3 is 5.97 Å². The molecule has 0 bridgehead atoms. The Morgan fingerprint density at radius 2 is 2.31 bits per heavy atom. The predicted molar refractivity (Wildman–Crippen MR) is 62.5 cm³/mol. The fourth-order valence-corrected chi connectivity index (χ4v) is 1.51. The number of carboxylic acid groups (broad SMARTS) is 1. The maximum absolute atomic E-state index is 10.8. The Bertz CT molecular complexity index is 478. The van der Waals surface area contributed by atoms with Gasteiger partial charge < -0.3 is 5.11 Å². The van der Waals surface area contributed by atoms with Crippen LogP contribution in [-0.4, -0.2) is 16.8 Å². The number of allylic oxidation sites excluding steroid dienone is 1. The third kappa shape index (κ3) is 2.11. The minimum absolute atomic E-state index is 0.156. The molecular weight excluding hydrogens is 204 g/mol. The van der Waals surface area contributed by atoms with Gasteiger partial charge in [0.05, 0.1) is 5.69 Å². The van der Waals surface area contributed by atoms with Crippen molar-refractivity contribution >= 4 is 17.4 Å². The topological polar surface area (TPSA) is 52.9 Å². The molecule has 0 spiro atoms. The van der Waals surface area contributed by atoms with Gasteiger partial charge in [0.15, 0.2) is 0 Å². The first-order valence-electron chi connectivity index (χ1n) is 5.00. The highest BCUT2D eigenvalue weighted by Crippen LogP contribution is 2.19. The van der Waals surface area contributed by atoms with Crippen LogP contribution in [0.5, 0.6) is 0 Å². The van der Waals surface area contributed by atoms with Crippen molar-refractivity contribution in [2.45, 2.75) is 13.3 Å². The summed E-state index contributed by atoms with van der Waals surface area (Å²) < 4.78 is 0. The Kier molecular flexibility index (Phi) is 2.72. The molecule has 1 aliphatic rings. The van der Waals surface area contributed by atoms with Gasteiger partial charge in [0.2, 0.25) is 0 Å². The van der Waals surface area contributed by atoms with Crippen molar-refractivity contribution < 1.29 is 9.90 Å². The maximum atomic E-state index is 10.8. The van der Waals surface area contributed by atoms with E-state index < -0.39 is 5.97 Å². The molecule has 0 amide bonds. The third-order valence-electron chi connectivity index (χ3n) is 2.30. The summed E-state index contributed by atoms with van der Waals surface area (Å²) in [7, 11) is 0. The fraction of sp³-hybridized carbons (Fsp3) is 0.167. The molecule has 0 radical (unpaired) electrons. The van der Waals surface area contributed by atoms with Gasteiger partial charge in [-0.2, -0.15) is 5.10 Å². The number of carboxylic acids is 1. The number of anilines is 1. The van der Waals surface area contributed by atoms with Crippen LogP contribution in [0.4, 0.5) is 5.69 Å². The molecule has 2 rings (SSSR count). The number of nitrogens with zero attached hydrogens (tertiary/aromatic N) is 2. The summed E-state index contributed by atoms with van der Waals surface area (Å²) in [5, 5.41) is 14.5. The number of benzene rings is 1. The molecule has 0 saturated heterocycles. The average molecular weight is 216 g/mol. The molecule has 82 valence electrons. The Morgan fingerprint density at radius 1 is 1.50 bits per heavy atom. The molecule has 4 nitrogen and oxygen atoms in total. The summed E-state index contributed by atoms with van der Waals surface area (Å²) in [4.78, 5) is 10.8. The molecule has 0 saturated carbocycles. The molecule has 0 fully saturated rings. The SMILES string of the molecule is Cc1cccc(N2C=CCC(C(=O)O)=N2)c1. The predicted octanol–water partition coefficient (Wildman–Crippen LogP) is 2.16. The summed E-state index contributed by atoms with van der Waals surface area (Å²) in [5.74, 6) is -0.970. The zero-order chi connectivity index (χ0) is 11.5. The smallest absolute Gasteiger partial charge is 0.352 e. The van der Waals surface area contributed by atoms with Gasteiger partial charge in [-0.1, -0.05) is 18.2 Å². The highest BCUT2D eigenvalue weighted by molar-refractivity contribution is 6.36. The van der Waals surface area contributed by atoms with Gasteiger partial charge in [-0.05, 0) is 24.6 Å². The Morgan fingerprint density at radius 3 is 3.00 bits per heavy atom. The second kappa shape index (κ2) is 4.18. The molecular formula is C12H12N2O2. The van der Waals surface area contributed by atoms with E-state index >= 15 is 0 Å². The van der Waals surface area contributed by atoms with Crippen molar-refractivity contribution in [3.8, 4) is 0 Å². The van der Waals surface area contributed by atoms with Gasteiger partial charge in [0.25, 0.3) is 0 Å². The van der Waals surface area contributed by atoms with E-state index in [0.717, 1.165) is 11.3 Å². The van der Waals surface area contributed by atoms with E-state index in [2.05, 4.69) is 5.10 Å². The Balaban J connectivity index is 2.31. The molecule has 1 aromatic carbocycles. The first-order chi connectivity index (χ1) is 7.66. The number of hydrogen-bond donors (Lipinski definition) is 1. The Labute approximate surface area is 93.5 Å². The van der Waals surface area contributed by atoms with Crippen molar-refractivity contribution in [3.63, 3.8) is 0 Å². The largest absolute Gasteiger partial charge is 0.477 e. The molecule has 16 heavy (non-hydrogen) atoms. The van der Waals surface area contributed by atoms with Crippen molar-refractivity contribution in [3.05, 3.63) is 42.1 Å². The van der Waals surface area contributed by atoms with Crippen LogP contribution < -0.4 is 5.01 Å². The van der Waals surface area contributed by atoms with Crippen molar-refractivity contribution in [2.24, 2.45) is 5.10 Å². The highest BCUT2D eigenvalue weighted by atomic mass is 16.4. The van der Waals surface area contributed by atoms with E-state index in [1.165, 1.54) is 0 Å². The standard InChI is InChI=1S/C12H12N2O2/c1-9-4-2-5-10(8-9)14-7-3-6-11(13-14)12(15)16/h2-5,7-8H,6H2,1H3,(H,15,16). The summed E-state index contributed by atoms with van der Waals surface area (Å²) in [5.41, 5.74) is 2.14. The second-order valence-electron chi connectivity index (χ2n) is 3.62. The van der Waals surface area contributed by atoms with Gasteiger partial charge in [0.1, 0.15) is 5.71 Å². The molecule has 1 N–H and O–H groups in total. The normalized spacial score (nSPS) is 14.8. The monoisotopic (exact) mass is 216 g/mol. The van der Waals surface area contributed by atoms with Crippen LogP contribution in [0.25, 0.3) is 0 Å². The number of hydrogen-bond acceptors (Lipinski definition) is 3. The number of rotatable bonds is 2. The average Bonchev–Trinajstić information content (AvgIpc) is 2.29. The van der Waals surface area contributed by atoms with E-state index in [4.69, 9.17) is 5.11 Å². The molecule has 1 aromatic rings. The van der Waals surface area contributed by atoms with Crippen LogP contribution in [0.2, 0.25) is 0 Å². The van der Waals surface area contributed by atoms with Crippen molar-refractivity contribution in [1.82, 2.24) is 0 Å². The summed E-state index contributed by atoms with van der Waals surface area (Å²) in [6.07, 6.45) is 3.94. The quantitative estimate of drug-likeness (QED) is 0.824. The van der Waals surface area contributed by atoms with Gasteiger partial charge in [-0.15, -0.1) is 0 Å². The van der Waals surface area contributed by atoms with Crippen LogP contribution in [0.15, 0.2) is 41.6 Å². The van der Waals surface area contributed by atoms with Crippen LogP contribution in [-0.2, 0) is 4.79 Å². The van der Waals surface area contributed by atoms with E-state index in [9.17, 15) is 4.79 Å². The first kappa shape index (κ1) is 10.4. The van der Waals surface area contributed by atoms with E-state index in [-0.39, 0.29) is 5.71 Å². The van der Waals surface area contributed by atoms with Crippen LogP contribution in [0.3, 0.4) is 0 Å². The van der Waals surface area contributed by atoms with Gasteiger partial charge in [-0.25, -0.2) is 9.80 Å². The molecule has 1 heterocycles. The zero-order valence-electron chi connectivity index (χ0n) is 8.92. The zero-order valence-corrected chi connectivity index (χ0v) is 8.92. The number of carbonyl (C=O) groups is 1. The van der Waals surface area contributed by atoms with Gasteiger partial charge in [0, 0.05) is 12.6 Å². The van der Waals surface area contributed by atoms with E-state index in [1.54, 1.807) is 17.3 Å². The summed E-state index contributed by atoms with van der Waals surface area (Å²) in [6.45, 7) is 1.99. The Hall–Kier alpha value is -2.10. The molecule has 0 aliphatic carbocycles. The van der Waals surface area contributed by atoms with E-state index in [1.807, 2.05) is 31.2 Å². The van der Waals surface area contributed by atoms with E-state index in [0.29, 0.717) is 6.42 Å². The molecule has 4 heteroatoms. The number of aryl methyl sites for hydroxylation is 1. The maximum Gasteiger partial charge on any atom is 0.352 e. The molecule has 0 unspecified atom stereocenters. The molecule has 0 atom stereocenters. The van der Waals surface area contributed by atoms with Crippen LogP contribution in [0.1, 0.15) is 12.0 Å². The third-order valence-corrected chi connectivity index (χ3v) is 2.30. The lowest BCUT2D eigenvalue weighted by Gasteiger charge is -2.18. The fourth-order valence-electron chi connectivity index (χ4n) is 1.51. The minimum atomic E-state index is -0.970. The summed E-state index contributed by atoms with van der Waals surface area (Å²) in [6, 6.07) is 7.76. The van der Waals surface area contributed by atoms with Crippen molar-refractivity contribution in [2.75, 3.05) is 5.01 Å². The number of aliphatic carboxylic acids is 1. The highest BCUT2D eigenvalue weighted by Gasteiger charge is 2.14. The van der Waals surface area contributed by atoms with Crippen LogP contribution in [0, 0.1) is 6.92 Å². The lowest BCUT2D eigenvalue weighted by atomic mass is 10.2. The molecule has 1 aliphatic heterocycles. The lowest BCUT2D eigenvalue weighted by molar-refractivity contribution is -0.129. The second-order valence-corrected chi connectivity index (χ2v) is 3.62. The van der Waals surface area contributed by atoms with Crippen molar-refractivity contribution in [1.29, 1.82) is 0 Å². The summed E-state index contributed by atoms with van der Waals surface area (Å²) >= 11 is 0.